The van der Waals surface area contributed by atoms with Crippen LogP contribution in [-0.4, -0.2) is 4.98 Å². The molecule has 1 heterocycles. The summed E-state index contributed by atoms with van der Waals surface area (Å²) in [7, 11) is 0. The lowest BCUT2D eigenvalue weighted by molar-refractivity contribution is 0.549. The normalized spacial score (nSPS) is 12.4. The summed E-state index contributed by atoms with van der Waals surface area (Å²) in [6, 6.07) is 12.7. The van der Waals surface area contributed by atoms with Crippen LogP contribution in [-0.2, 0) is 6.42 Å². The van der Waals surface area contributed by atoms with Gasteiger partial charge in [0.25, 0.3) is 0 Å². The van der Waals surface area contributed by atoms with Crippen molar-refractivity contribution in [3.8, 4) is 0 Å². The molecule has 0 amide bonds. The van der Waals surface area contributed by atoms with Gasteiger partial charge in [-0.3, -0.25) is 16.3 Å². The second-order valence-corrected chi connectivity index (χ2v) is 5.03. The van der Waals surface area contributed by atoms with E-state index in [9.17, 15) is 0 Å². The van der Waals surface area contributed by atoms with Crippen LogP contribution in [0.15, 0.2) is 36.4 Å². The van der Waals surface area contributed by atoms with E-state index in [0.717, 1.165) is 17.8 Å². The van der Waals surface area contributed by atoms with Crippen LogP contribution in [0.5, 0.6) is 0 Å². The first-order valence-corrected chi connectivity index (χ1v) is 6.56. The lowest BCUT2D eigenvalue weighted by Crippen LogP contribution is -2.30. The van der Waals surface area contributed by atoms with E-state index in [2.05, 4.69) is 53.7 Å². The number of aryl methyl sites for hydroxylation is 3. The van der Waals surface area contributed by atoms with Gasteiger partial charge in [-0.25, -0.2) is 0 Å². The molecule has 0 saturated heterocycles. The van der Waals surface area contributed by atoms with E-state index in [1.54, 1.807) is 0 Å². The highest BCUT2D eigenvalue weighted by Gasteiger charge is 2.12. The van der Waals surface area contributed by atoms with Crippen LogP contribution in [0, 0.1) is 20.8 Å². The number of hydrogen-bond acceptors (Lipinski definition) is 3. The summed E-state index contributed by atoms with van der Waals surface area (Å²) in [5, 5.41) is 0. The van der Waals surface area contributed by atoms with Crippen molar-refractivity contribution in [1.82, 2.24) is 10.4 Å². The molecule has 1 unspecified atom stereocenters. The first-order valence-electron chi connectivity index (χ1n) is 6.56. The molecule has 100 valence electrons. The zero-order chi connectivity index (χ0) is 13.8. The van der Waals surface area contributed by atoms with Crippen LogP contribution in [0.1, 0.15) is 34.1 Å². The molecule has 1 aromatic carbocycles. The van der Waals surface area contributed by atoms with Crippen LogP contribution in [0.4, 0.5) is 0 Å². The lowest BCUT2D eigenvalue weighted by Gasteiger charge is -2.18. The number of benzene rings is 1. The van der Waals surface area contributed by atoms with Crippen molar-refractivity contribution in [2.24, 2.45) is 5.84 Å². The zero-order valence-electron chi connectivity index (χ0n) is 11.8. The Kier molecular flexibility index (Phi) is 4.30. The van der Waals surface area contributed by atoms with E-state index >= 15 is 0 Å². The molecule has 19 heavy (non-hydrogen) atoms. The number of nitrogens with one attached hydrogen (secondary N) is 1. The third kappa shape index (κ3) is 3.40. The highest BCUT2D eigenvalue weighted by Crippen LogP contribution is 2.21. The van der Waals surface area contributed by atoms with Crippen LogP contribution in [0.25, 0.3) is 0 Å². The van der Waals surface area contributed by atoms with Crippen molar-refractivity contribution in [1.29, 1.82) is 0 Å². The average molecular weight is 255 g/mol. The standard InChI is InChI=1S/C16H21N3/c1-11-6-4-5-7-14(11)10-16(19-17)15-8-12(2)18-13(3)9-15/h4-9,16,19H,10,17H2,1-3H3. The van der Waals surface area contributed by atoms with Gasteiger partial charge in [0.1, 0.15) is 0 Å². The molecule has 3 N–H and O–H groups in total. The molecule has 0 saturated carbocycles. The number of hydrazine groups is 1. The van der Waals surface area contributed by atoms with E-state index in [1.807, 2.05) is 13.8 Å². The Hall–Kier alpha value is -1.71. The number of rotatable bonds is 4. The van der Waals surface area contributed by atoms with E-state index in [-0.39, 0.29) is 6.04 Å². The second-order valence-electron chi connectivity index (χ2n) is 5.03. The van der Waals surface area contributed by atoms with Gasteiger partial charge in [-0.15, -0.1) is 0 Å². The fourth-order valence-electron chi connectivity index (χ4n) is 2.40. The fraction of sp³-hybridized carbons (Fsp3) is 0.312. The highest BCUT2D eigenvalue weighted by molar-refractivity contribution is 5.30. The monoisotopic (exact) mass is 255 g/mol. The Bertz CT molecular complexity index is 543. The maximum atomic E-state index is 5.73. The second kappa shape index (κ2) is 5.95. The minimum atomic E-state index is 0.112. The number of nitrogens with two attached hydrogens (primary N) is 1. The summed E-state index contributed by atoms with van der Waals surface area (Å²) in [6.07, 6.45) is 0.881. The van der Waals surface area contributed by atoms with Gasteiger partial charge in [0, 0.05) is 11.4 Å². The van der Waals surface area contributed by atoms with Gasteiger partial charge in [-0.05, 0) is 56.0 Å². The first kappa shape index (κ1) is 13.7. The van der Waals surface area contributed by atoms with Crippen LogP contribution < -0.4 is 11.3 Å². The van der Waals surface area contributed by atoms with Gasteiger partial charge in [0.15, 0.2) is 0 Å². The Balaban J connectivity index is 2.28. The molecule has 0 radical (unpaired) electrons. The van der Waals surface area contributed by atoms with Crippen molar-refractivity contribution in [3.05, 3.63) is 64.5 Å². The Morgan fingerprint density at radius 2 is 1.74 bits per heavy atom. The van der Waals surface area contributed by atoms with Gasteiger partial charge in [0.2, 0.25) is 0 Å². The van der Waals surface area contributed by atoms with Crippen molar-refractivity contribution >= 4 is 0 Å². The van der Waals surface area contributed by atoms with Gasteiger partial charge in [-0.2, -0.15) is 0 Å². The molecule has 0 aliphatic carbocycles. The van der Waals surface area contributed by atoms with Crippen molar-refractivity contribution in [2.45, 2.75) is 33.2 Å². The van der Waals surface area contributed by atoms with Crippen LogP contribution in [0.2, 0.25) is 0 Å². The maximum absolute atomic E-state index is 5.73. The summed E-state index contributed by atoms with van der Waals surface area (Å²) in [5.41, 5.74) is 8.78. The summed E-state index contributed by atoms with van der Waals surface area (Å²) < 4.78 is 0. The summed E-state index contributed by atoms with van der Waals surface area (Å²) in [6.45, 7) is 6.15. The predicted molar refractivity (Wildman–Crippen MR) is 78.7 cm³/mol. The molecule has 0 aliphatic rings. The molecule has 0 fully saturated rings. The van der Waals surface area contributed by atoms with Crippen molar-refractivity contribution in [2.75, 3.05) is 0 Å². The van der Waals surface area contributed by atoms with Crippen molar-refractivity contribution in [3.63, 3.8) is 0 Å². The van der Waals surface area contributed by atoms with Gasteiger partial charge < -0.3 is 0 Å². The molecule has 0 bridgehead atoms. The summed E-state index contributed by atoms with van der Waals surface area (Å²) in [4.78, 5) is 4.41. The molecule has 2 rings (SSSR count). The first-order chi connectivity index (χ1) is 9.10. The van der Waals surface area contributed by atoms with Gasteiger partial charge >= 0.3 is 0 Å². The van der Waals surface area contributed by atoms with E-state index < -0.39 is 0 Å². The van der Waals surface area contributed by atoms with E-state index in [1.165, 1.54) is 16.7 Å². The molecular weight excluding hydrogens is 234 g/mol. The largest absolute Gasteiger partial charge is 0.271 e. The third-order valence-electron chi connectivity index (χ3n) is 3.39. The van der Waals surface area contributed by atoms with Crippen LogP contribution in [0.3, 0.4) is 0 Å². The summed E-state index contributed by atoms with van der Waals surface area (Å²) in [5.74, 6) is 5.73. The van der Waals surface area contributed by atoms with Gasteiger partial charge in [0.05, 0.1) is 6.04 Å². The minimum absolute atomic E-state index is 0.112. The van der Waals surface area contributed by atoms with E-state index in [4.69, 9.17) is 5.84 Å². The number of nitrogens with zero attached hydrogens (tertiary/aromatic N) is 1. The van der Waals surface area contributed by atoms with Crippen molar-refractivity contribution < 1.29 is 0 Å². The lowest BCUT2D eigenvalue weighted by atomic mass is 9.96. The topological polar surface area (TPSA) is 50.9 Å². The number of hydrogen-bond donors (Lipinski definition) is 2. The van der Waals surface area contributed by atoms with E-state index in [0.29, 0.717) is 0 Å². The fourth-order valence-corrected chi connectivity index (χ4v) is 2.40. The third-order valence-corrected chi connectivity index (χ3v) is 3.39. The molecule has 0 spiro atoms. The zero-order valence-corrected chi connectivity index (χ0v) is 11.8. The smallest absolute Gasteiger partial charge is 0.0501 e. The maximum Gasteiger partial charge on any atom is 0.0501 e. The SMILES string of the molecule is Cc1cc(C(Cc2ccccc2C)NN)cc(C)n1. The van der Waals surface area contributed by atoms with Gasteiger partial charge in [-0.1, -0.05) is 24.3 Å². The molecule has 2 aromatic rings. The Labute approximate surface area is 114 Å². The Morgan fingerprint density at radius 1 is 1.11 bits per heavy atom. The molecule has 1 atom stereocenters. The summed E-state index contributed by atoms with van der Waals surface area (Å²) >= 11 is 0. The molecule has 3 heteroatoms. The number of pyridine rings is 1. The minimum Gasteiger partial charge on any atom is -0.271 e. The molecular formula is C16H21N3. The molecule has 0 aliphatic heterocycles. The number of aromatic nitrogens is 1. The average Bonchev–Trinajstić information content (AvgIpc) is 2.36. The molecule has 1 aromatic heterocycles. The predicted octanol–water partition coefficient (Wildman–Crippen LogP) is 2.75. The Morgan fingerprint density at radius 3 is 2.32 bits per heavy atom. The highest BCUT2D eigenvalue weighted by atomic mass is 15.2. The quantitative estimate of drug-likeness (QED) is 0.652. The molecule has 3 nitrogen and oxygen atoms in total. The van der Waals surface area contributed by atoms with Crippen LogP contribution >= 0.6 is 0 Å².